The molecule has 4 nitrogen and oxygen atoms in total. The van der Waals surface area contributed by atoms with Gasteiger partial charge in [0.1, 0.15) is 0 Å². The lowest BCUT2D eigenvalue weighted by molar-refractivity contribution is -0.184. The Bertz CT molecular complexity index is 436. The van der Waals surface area contributed by atoms with Crippen molar-refractivity contribution in [1.29, 1.82) is 0 Å². The first kappa shape index (κ1) is 16.3. The Morgan fingerprint density at radius 1 is 1.38 bits per heavy atom. The Morgan fingerprint density at radius 2 is 2.05 bits per heavy atom. The molecule has 3 N–H and O–H groups in total. The standard InChI is InChI=1S/C14H23F3N4/c1-2-7-21-9-11(8-19-21)13(20-18)10-3-5-12(6-4-10)14(15,16)17/h8-10,12-13,20H,2-7,18H2,1H3. The fraction of sp³-hybridized carbons (Fsp3) is 0.786. The van der Waals surface area contributed by atoms with Crippen molar-refractivity contribution in [2.45, 2.75) is 57.8 Å². The summed E-state index contributed by atoms with van der Waals surface area (Å²) in [7, 11) is 0. The molecule has 2 rings (SSSR count). The highest BCUT2D eigenvalue weighted by molar-refractivity contribution is 5.12. The summed E-state index contributed by atoms with van der Waals surface area (Å²) in [5.41, 5.74) is 3.72. The van der Waals surface area contributed by atoms with Gasteiger partial charge in [-0.15, -0.1) is 0 Å². The second kappa shape index (κ2) is 6.79. The summed E-state index contributed by atoms with van der Waals surface area (Å²) in [6, 6.07) is -0.121. The first-order valence-electron chi connectivity index (χ1n) is 7.51. The Balaban J connectivity index is 1.99. The highest BCUT2D eigenvalue weighted by Gasteiger charge is 2.42. The molecule has 0 amide bonds. The molecule has 1 unspecified atom stereocenters. The van der Waals surface area contributed by atoms with Crippen molar-refractivity contribution in [1.82, 2.24) is 15.2 Å². The Hall–Kier alpha value is -1.08. The van der Waals surface area contributed by atoms with Crippen molar-refractivity contribution in [3.63, 3.8) is 0 Å². The maximum absolute atomic E-state index is 12.7. The summed E-state index contributed by atoms with van der Waals surface area (Å²) in [5.74, 6) is 4.60. The van der Waals surface area contributed by atoms with E-state index in [9.17, 15) is 13.2 Å². The lowest BCUT2D eigenvalue weighted by Crippen LogP contribution is -2.37. The zero-order chi connectivity index (χ0) is 15.5. The van der Waals surface area contributed by atoms with Crippen molar-refractivity contribution in [3.8, 4) is 0 Å². The van der Waals surface area contributed by atoms with Crippen LogP contribution in [0.5, 0.6) is 0 Å². The SMILES string of the molecule is CCCn1cc(C(NN)C2CCC(C(F)(F)F)CC2)cn1. The fourth-order valence-corrected chi connectivity index (χ4v) is 3.18. The molecular weight excluding hydrogens is 281 g/mol. The zero-order valence-electron chi connectivity index (χ0n) is 12.2. The van der Waals surface area contributed by atoms with Crippen molar-refractivity contribution in [2.24, 2.45) is 17.7 Å². The number of aryl methyl sites for hydroxylation is 1. The van der Waals surface area contributed by atoms with Gasteiger partial charge in [-0.1, -0.05) is 6.92 Å². The maximum Gasteiger partial charge on any atom is 0.391 e. The summed E-state index contributed by atoms with van der Waals surface area (Å²) in [6.45, 7) is 2.90. The van der Waals surface area contributed by atoms with Crippen LogP contribution in [-0.4, -0.2) is 16.0 Å². The van der Waals surface area contributed by atoms with E-state index >= 15 is 0 Å². The number of hydrazine groups is 1. The van der Waals surface area contributed by atoms with E-state index in [0.29, 0.717) is 12.8 Å². The van der Waals surface area contributed by atoms with Crippen molar-refractivity contribution in [2.75, 3.05) is 0 Å². The summed E-state index contributed by atoms with van der Waals surface area (Å²) in [6.07, 6.45) is 2.07. The van der Waals surface area contributed by atoms with Gasteiger partial charge in [0.15, 0.2) is 0 Å². The number of aromatic nitrogens is 2. The van der Waals surface area contributed by atoms with Crippen molar-refractivity contribution < 1.29 is 13.2 Å². The van der Waals surface area contributed by atoms with Crippen LogP contribution in [0.3, 0.4) is 0 Å². The number of rotatable bonds is 5. The number of nitrogens with two attached hydrogens (primary N) is 1. The molecule has 1 fully saturated rings. The first-order chi connectivity index (χ1) is 9.95. The lowest BCUT2D eigenvalue weighted by Gasteiger charge is -2.33. The molecule has 1 aliphatic carbocycles. The quantitative estimate of drug-likeness (QED) is 0.649. The highest BCUT2D eigenvalue weighted by atomic mass is 19.4. The van der Waals surface area contributed by atoms with Crippen LogP contribution in [0.1, 0.15) is 50.6 Å². The molecule has 1 atom stereocenters. The summed E-state index contributed by atoms with van der Waals surface area (Å²) in [5, 5.41) is 4.26. The zero-order valence-corrected chi connectivity index (χ0v) is 12.2. The van der Waals surface area contributed by atoms with E-state index in [2.05, 4.69) is 17.4 Å². The molecule has 21 heavy (non-hydrogen) atoms. The van der Waals surface area contributed by atoms with Gasteiger partial charge in [-0.25, -0.2) is 0 Å². The third-order valence-electron chi connectivity index (χ3n) is 4.35. The van der Waals surface area contributed by atoms with Crippen LogP contribution in [0.15, 0.2) is 12.4 Å². The molecule has 7 heteroatoms. The Kier molecular flexibility index (Phi) is 5.27. The minimum atomic E-state index is -4.07. The molecule has 1 aromatic heterocycles. The molecule has 1 saturated carbocycles. The molecule has 0 bridgehead atoms. The van der Waals surface area contributed by atoms with Gasteiger partial charge in [0, 0.05) is 18.3 Å². The van der Waals surface area contributed by atoms with Crippen LogP contribution in [0.4, 0.5) is 13.2 Å². The molecule has 1 heterocycles. The average Bonchev–Trinajstić information content (AvgIpc) is 2.88. The molecule has 0 radical (unpaired) electrons. The predicted molar refractivity (Wildman–Crippen MR) is 74.1 cm³/mol. The number of nitrogens with zero attached hydrogens (tertiary/aromatic N) is 2. The van der Waals surface area contributed by atoms with E-state index in [-0.39, 0.29) is 24.8 Å². The molecule has 0 aliphatic heterocycles. The molecule has 1 aromatic rings. The summed E-state index contributed by atoms with van der Waals surface area (Å²) in [4.78, 5) is 0. The minimum Gasteiger partial charge on any atom is -0.272 e. The van der Waals surface area contributed by atoms with E-state index in [0.717, 1.165) is 18.5 Å². The van der Waals surface area contributed by atoms with Crippen LogP contribution in [0, 0.1) is 11.8 Å². The van der Waals surface area contributed by atoms with Crippen molar-refractivity contribution in [3.05, 3.63) is 18.0 Å². The molecule has 0 saturated heterocycles. The van der Waals surface area contributed by atoms with Gasteiger partial charge in [-0.3, -0.25) is 16.0 Å². The van der Waals surface area contributed by atoms with Gasteiger partial charge in [0.25, 0.3) is 0 Å². The third-order valence-corrected chi connectivity index (χ3v) is 4.35. The number of nitrogens with one attached hydrogen (secondary N) is 1. The topological polar surface area (TPSA) is 55.9 Å². The number of alkyl halides is 3. The summed E-state index contributed by atoms with van der Waals surface area (Å²) < 4.78 is 40.0. The Labute approximate surface area is 122 Å². The van der Waals surface area contributed by atoms with Gasteiger partial charge in [-0.05, 0) is 38.0 Å². The van der Waals surface area contributed by atoms with E-state index < -0.39 is 12.1 Å². The van der Waals surface area contributed by atoms with E-state index in [1.165, 1.54) is 0 Å². The normalized spacial score (nSPS) is 25.0. The average molecular weight is 304 g/mol. The molecular formula is C14H23F3N4. The van der Waals surface area contributed by atoms with Gasteiger partial charge >= 0.3 is 6.18 Å². The van der Waals surface area contributed by atoms with Crippen LogP contribution < -0.4 is 11.3 Å². The number of hydrogen-bond donors (Lipinski definition) is 2. The number of halogens is 3. The van der Waals surface area contributed by atoms with Gasteiger partial charge < -0.3 is 0 Å². The Morgan fingerprint density at radius 3 is 2.57 bits per heavy atom. The number of hydrogen-bond acceptors (Lipinski definition) is 3. The smallest absolute Gasteiger partial charge is 0.272 e. The van der Waals surface area contributed by atoms with E-state index in [1.807, 2.05) is 10.9 Å². The second-order valence-electron chi connectivity index (χ2n) is 5.83. The molecule has 0 spiro atoms. The first-order valence-corrected chi connectivity index (χ1v) is 7.51. The van der Waals surface area contributed by atoms with Crippen LogP contribution in [0.25, 0.3) is 0 Å². The van der Waals surface area contributed by atoms with Gasteiger partial charge in [0.05, 0.1) is 18.2 Å². The third kappa shape index (κ3) is 3.97. The van der Waals surface area contributed by atoms with E-state index in [4.69, 9.17) is 5.84 Å². The van der Waals surface area contributed by atoms with E-state index in [1.54, 1.807) is 6.20 Å². The van der Waals surface area contributed by atoms with Crippen LogP contribution >= 0.6 is 0 Å². The van der Waals surface area contributed by atoms with Gasteiger partial charge in [0.2, 0.25) is 0 Å². The summed E-state index contributed by atoms with van der Waals surface area (Å²) >= 11 is 0. The monoisotopic (exact) mass is 304 g/mol. The molecule has 1 aliphatic rings. The van der Waals surface area contributed by atoms with Gasteiger partial charge in [-0.2, -0.15) is 18.3 Å². The maximum atomic E-state index is 12.7. The van der Waals surface area contributed by atoms with Crippen LogP contribution in [0.2, 0.25) is 0 Å². The lowest BCUT2D eigenvalue weighted by atomic mass is 9.77. The minimum absolute atomic E-state index is 0.121. The molecule has 120 valence electrons. The molecule has 0 aromatic carbocycles. The van der Waals surface area contributed by atoms with Crippen LogP contribution in [-0.2, 0) is 6.54 Å². The second-order valence-corrected chi connectivity index (χ2v) is 5.83. The van der Waals surface area contributed by atoms with Crippen molar-refractivity contribution >= 4 is 0 Å². The predicted octanol–water partition coefficient (Wildman–Crippen LogP) is 3.17. The largest absolute Gasteiger partial charge is 0.391 e. The highest BCUT2D eigenvalue weighted by Crippen LogP contribution is 2.42. The fourth-order valence-electron chi connectivity index (χ4n) is 3.18.